The highest BCUT2D eigenvalue weighted by Crippen LogP contribution is 2.21. The summed E-state index contributed by atoms with van der Waals surface area (Å²) in [5.74, 6) is -0.321. The van der Waals surface area contributed by atoms with Crippen LogP contribution < -0.4 is 11.2 Å². The lowest BCUT2D eigenvalue weighted by molar-refractivity contribution is -0.131. The molecule has 3 heterocycles. The van der Waals surface area contributed by atoms with Gasteiger partial charge in [-0.05, 0) is 19.4 Å². The summed E-state index contributed by atoms with van der Waals surface area (Å²) in [6, 6.07) is 10.8. The lowest BCUT2D eigenvalue weighted by atomic mass is 10.2. The Hall–Kier alpha value is -3.46. The van der Waals surface area contributed by atoms with Gasteiger partial charge in [-0.15, -0.1) is 11.3 Å². The van der Waals surface area contributed by atoms with Crippen LogP contribution in [0.5, 0.6) is 0 Å². The molecule has 0 spiro atoms. The van der Waals surface area contributed by atoms with Gasteiger partial charge in [0.25, 0.3) is 5.56 Å². The van der Waals surface area contributed by atoms with Crippen molar-refractivity contribution >= 4 is 22.2 Å². The van der Waals surface area contributed by atoms with Crippen molar-refractivity contribution in [1.82, 2.24) is 23.4 Å². The van der Waals surface area contributed by atoms with Gasteiger partial charge >= 0.3 is 5.69 Å². The topological polar surface area (TPSA) is 81.6 Å². The van der Waals surface area contributed by atoms with E-state index in [1.54, 1.807) is 18.4 Å². The predicted octanol–water partition coefficient (Wildman–Crippen LogP) is 2.04. The molecule has 3 aromatic heterocycles. The Bertz CT molecular complexity index is 1360. The van der Waals surface area contributed by atoms with E-state index in [2.05, 4.69) is 4.98 Å². The van der Waals surface area contributed by atoms with Gasteiger partial charge in [0, 0.05) is 30.4 Å². The Morgan fingerprint density at radius 3 is 2.61 bits per heavy atom. The zero-order valence-electron chi connectivity index (χ0n) is 17.6. The number of thiazole rings is 1. The second-order valence-corrected chi connectivity index (χ2v) is 8.74. The van der Waals surface area contributed by atoms with Gasteiger partial charge in [0.05, 0.1) is 24.5 Å². The van der Waals surface area contributed by atoms with Crippen LogP contribution >= 0.6 is 11.3 Å². The number of hydrogen-bond acceptors (Lipinski definition) is 5. The number of aryl methyl sites for hydroxylation is 2. The summed E-state index contributed by atoms with van der Waals surface area (Å²) in [6.07, 6.45) is 3.46. The van der Waals surface area contributed by atoms with Crippen molar-refractivity contribution < 1.29 is 4.79 Å². The average Bonchev–Trinajstić information content (AvgIpc) is 3.23. The van der Waals surface area contributed by atoms with Crippen LogP contribution in [0, 0.1) is 13.8 Å². The lowest BCUT2D eigenvalue weighted by Crippen LogP contribution is -2.43. The molecule has 8 nitrogen and oxygen atoms in total. The fourth-order valence-electron chi connectivity index (χ4n) is 3.47. The Balaban J connectivity index is 1.55. The van der Waals surface area contributed by atoms with E-state index in [0.29, 0.717) is 13.1 Å². The smallest absolute Gasteiger partial charge is 0.331 e. The molecule has 0 N–H and O–H groups in total. The summed E-state index contributed by atoms with van der Waals surface area (Å²) in [4.78, 5) is 46.1. The summed E-state index contributed by atoms with van der Waals surface area (Å²) in [7, 11) is 1.66. The van der Waals surface area contributed by atoms with Gasteiger partial charge in [-0.1, -0.05) is 30.3 Å². The molecule has 0 radical (unpaired) electrons. The number of nitrogens with zero attached hydrogens (tertiary/aromatic N) is 5. The van der Waals surface area contributed by atoms with Crippen molar-refractivity contribution in [2.24, 2.45) is 0 Å². The molecular weight excluding hydrogens is 414 g/mol. The van der Waals surface area contributed by atoms with Crippen LogP contribution in [0.3, 0.4) is 0 Å². The van der Waals surface area contributed by atoms with Crippen molar-refractivity contribution in [3.63, 3.8) is 0 Å². The first-order valence-electron chi connectivity index (χ1n) is 9.85. The second kappa shape index (κ2) is 8.35. The number of aromatic nitrogens is 4. The molecule has 0 fully saturated rings. The van der Waals surface area contributed by atoms with E-state index >= 15 is 0 Å². The van der Waals surface area contributed by atoms with Crippen LogP contribution in [0.2, 0.25) is 0 Å². The molecule has 0 aliphatic heterocycles. The Morgan fingerprint density at radius 2 is 1.87 bits per heavy atom. The van der Waals surface area contributed by atoms with Gasteiger partial charge in [-0.2, -0.15) is 0 Å². The molecule has 0 saturated heterocycles. The van der Waals surface area contributed by atoms with Crippen molar-refractivity contribution in [2.75, 3.05) is 7.05 Å². The molecule has 31 heavy (non-hydrogen) atoms. The minimum atomic E-state index is -0.505. The number of hydrogen-bond donors (Lipinski definition) is 0. The van der Waals surface area contributed by atoms with Crippen molar-refractivity contribution in [2.45, 2.75) is 33.5 Å². The molecule has 0 unspecified atom stereocenters. The average molecular weight is 438 g/mol. The molecule has 0 saturated carbocycles. The molecule has 4 aromatic rings. The van der Waals surface area contributed by atoms with E-state index in [-0.39, 0.29) is 12.5 Å². The van der Waals surface area contributed by atoms with Crippen molar-refractivity contribution in [3.8, 4) is 0 Å². The number of carbonyl (C=O) groups excluding carboxylic acids is 1. The zero-order valence-corrected chi connectivity index (χ0v) is 18.4. The molecule has 0 aliphatic carbocycles. The molecule has 160 valence electrons. The van der Waals surface area contributed by atoms with Crippen LogP contribution in [-0.2, 0) is 24.4 Å². The maximum absolute atomic E-state index is 12.9. The molecule has 1 amide bonds. The highest BCUT2D eigenvalue weighted by molar-refractivity contribution is 7.17. The highest BCUT2D eigenvalue weighted by Gasteiger charge is 2.18. The van der Waals surface area contributed by atoms with E-state index in [9.17, 15) is 14.4 Å². The molecular formula is C22H23N5O3S. The van der Waals surface area contributed by atoms with Crippen LogP contribution in [0.4, 0.5) is 0 Å². The number of carbonyl (C=O) groups is 1. The maximum Gasteiger partial charge on any atom is 0.331 e. The van der Waals surface area contributed by atoms with Gasteiger partial charge in [-0.3, -0.25) is 23.1 Å². The van der Waals surface area contributed by atoms with Gasteiger partial charge < -0.3 is 4.90 Å². The third-order valence-electron chi connectivity index (χ3n) is 5.18. The maximum atomic E-state index is 12.9. The van der Waals surface area contributed by atoms with Crippen molar-refractivity contribution in [1.29, 1.82) is 0 Å². The van der Waals surface area contributed by atoms with Gasteiger partial charge in [0.2, 0.25) is 5.91 Å². The fourth-order valence-corrected chi connectivity index (χ4v) is 4.36. The lowest BCUT2D eigenvalue weighted by Gasteiger charge is -2.18. The summed E-state index contributed by atoms with van der Waals surface area (Å²) in [5, 5.41) is 0. The Kier molecular flexibility index (Phi) is 5.60. The number of imidazole rings is 1. The first-order valence-corrected chi connectivity index (χ1v) is 10.7. The number of likely N-dealkylation sites (N-methyl/N-ethyl adjacent to an activating group) is 1. The largest absolute Gasteiger partial charge is 0.338 e. The standard InChI is InChI=1S/C22H23N5O3S/c1-15-11-26-18(16(2)23-21(26)31-15)13-24(3)20(29)14-27-19(28)9-10-25(22(27)30)12-17-7-5-4-6-8-17/h4-11H,12-14H2,1-3H3. The summed E-state index contributed by atoms with van der Waals surface area (Å²) in [6.45, 7) is 4.27. The zero-order chi connectivity index (χ0) is 22.1. The first-order chi connectivity index (χ1) is 14.8. The van der Waals surface area contributed by atoms with Gasteiger partial charge in [-0.25, -0.2) is 9.78 Å². The SMILES string of the molecule is Cc1cn2c(CN(C)C(=O)Cn3c(=O)ccn(Cc4ccccc4)c3=O)c(C)nc2s1. The number of fused-ring (bicyclic) bond motifs is 1. The molecule has 0 aliphatic rings. The third-order valence-corrected chi connectivity index (χ3v) is 6.08. The normalized spacial score (nSPS) is 11.2. The molecule has 0 bridgehead atoms. The molecule has 4 rings (SSSR count). The first kappa shape index (κ1) is 20.8. The van der Waals surface area contributed by atoms with Gasteiger partial charge in [0.1, 0.15) is 6.54 Å². The van der Waals surface area contributed by atoms with Crippen LogP contribution in [0.25, 0.3) is 4.96 Å². The summed E-state index contributed by atoms with van der Waals surface area (Å²) < 4.78 is 4.40. The minimum Gasteiger partial charge on any atom is -0.338 e. The number of rotatable bonds is 6. The van der Waals surface area contributed by atoms with E-state index in [4.69, 9.17) is 0 Å². The van der Waals surface area contributed by atoms with E-state index in [1.165, 1.54) is 21.7 Å². The monoisotopic (exact) mass is 437 g/mol. The van der Waals surface area contributed by atoms with E-state index < -0.39 is 11.2 Å². The van der Waals surface area contributed by atoms with Crippen LogP contribution in [0.15, 0.2) is 58.4 Å². The molecule has 0 atom stereocenters. The second-order valence-electron chi connectivity index (χ2n) is 7.52. The van der Waals surface area contributed by atoms with Crippen molar-refractivity contribution in [3.05, 3.63) is 91.5 Å². The Morgan fingerprint density at radius 1 is 1.13 bits per heavy atom. The minimum absolute atomic E-state index is 0.312. The van der Waals surface area contributed by atoms with E-state index in [0.717, 1.165) is 31.4 Å². The van der Waals surface area contributed by atoms with Crippen LogP contribution in [0.1, 0.15) is 21.8 Å². The molecule has 9 heteroatoms. The predicted molar refractivity (Wildman–Crippen MR) is 120 cm³/mol. The highest BCUT2D eigenvalue weighted by atomic mass is 32.1. The number of amides is 1. The Labute approximate surface area is 182 Å². The van der Waals surface area contributed by atoms with Gasteiger partial charge in [0.15, 0.2) is 4.96 Å². The summed E-state index contributed by atoms with van der Waals surface area (Å²) in [5.41, 5.74) is 1.71. The summed E-state index contributed by atoms with van der Waals surface area (Å²) >= 11 is 1.59. The van der Waals surface area contributed by atoms with E-state index in [1.807, 2.05) is 54.8 Å². The molecule has 1 aromatic carbocycles. The van der Waals surface area contributed by atoms with Crippen LogP contribution in [-0.4, -0.2) is 36.4 Å². The fraction of sp³-hybridized carbons (Fsp3) is 0.273. The number of benzene rings is 1. The third kappa shape index (κ3) is 4.22. The quantitative estimate of drug-likeness (QED) is 0.462.